The van der Waals surface area contributed by atoms with E-state index in [1.807, 2.05) is 0 Å². The summed E-state index contributed by atoms with van der Waals surface area (Å²) in [6.07, 6.45) is 1.34. The van der Waals surface area contributed by atoms with Crippen LogP contribution in [0.15, 0.2) is 15.9 Å². The van der Waals surface area contributed by atoms with Crippen LogP contribution >= 0.6 is 0 Å². The zero-order chi connectivity index (χ0) is 7.84. The number of hydrogen-bond donors (Lipinski definition) is 3. The molecule has 0 bridgehead atoms. The van der Waals surface area contributed by atoms with Crippen molar-refractivity contribution in [1.29, 1.82) is 0 Å². The summed E-state index contributed by atoms with van der Waals surface area (Å²) in [6.45, 7) is 0. The molecule has 0 radical (unpaired) electrons. The molecule has 0 amide bonds. The maximum absolute atomic E-state index is 10.9. The van der Waals surface area contributed by atoms with Crippen molar-refractivity contribution >= 4 is 11.2 Å². The Kier molecular flexibility index (Phi) is 2.16. The number of hydrogen-bond acceptors (Lipinski definition) is 3. The van der Waals surface area contributed by atoms with Crippen molar-refractivity contribution in [1.82, 2.24) is 19.9 Å². The number of H-pyrrole nitrogens is 3. The minimum atomic E-state index is -0.547. The molecule has 0 aromatic carbocycles. The molecule has 64 valence electrons. The quantitative estimate of drug-likeness (QED) is 0.481. The molecule has 0 aliphatic rings. The van der Waals surface area contributed by atoms with Crippen LogP contribution in [-0.4, -0.2) is 19.9 Å². The van der Waals surface area contributed by atoms with Crippen LogP contribution < -0.4 is 11.2 Å². The number of nitrogens with zero attached hydrogens (tertiary/aromatic N) is 1. The van der Waals surface area contributed by atoms with Crippen LogP contribution in [0, 0.1) is 0 Å². The average molecular weight is 208 g/mol. The molecule has 0 unspecified atom stereocenters. The van der Waals surface area contributed by atoms with Gasteiger partial charge >= 0.3 is 5.69 Å². The Bertz CT molecular complexity index is 496. The monoisotopic (exact) mass is 208 g/mol. The number of rotatable bonds is 0. The van der Waals surface area contributed by atoms with Gasteiger partial charge in [0.2, 0.25) is 0 Å². The fraction of sp³-hybridized carbons (Fsp3) is 0. The van der Waals surface area contributed by atoms with Crippen LogP contribution in [0.25, 0.3) is 11.2 Å². The van der Waals surface area contributed by atoms with Gasteiger partial charge in [0.1, 0.15) is 5.52 Å². The maximum Gasteiger partial charge on any atom is 0.327 e. The third kappa shape index (κ3) is 1.19. The minimum absolute atomic E-state index is 0. The Hall–Kier alpha value is -1.33. The third-order valence-electron chi connectivity index (χ3n) is 1.33. The number of nitrogens with one attached hydrogen (secondary N) is 3. The summed E-state index contributed by atoms with van der Waals surface area (Å²) in [5.74, 6) is 0. The van der Waals surface area contributed by atoms with E-state index in [0.29, 0.717) is 0 Å². The molecular weight excluding hydrogens is 204 g/mol. The summed E-state index contributed by atoms with van der Waals surface area (Å²) in [5.41, 5.74) is -0.445. The molecule has 0 fully saturated rings. The molecule has 7 heteroatoms. The van der Waals surface area contributed by atoms with Gasteiger partial charge in [-0.1, -0.05) is 0 Å². The minimum Gasteiger partial charge on any atom is -0.339 e. The molecule has 0 spiro atoms. The smallest absolute Gasteiger partial charge is 0.327 e. The summed E-state index contributed by atoms with van der Waals surface area (Å²) in [6, 6.07) is 0. The summed E-state index contributed by atoms with van der Waals surface area (Å²) >= 11 is 0. The molecular formula is C5H4FeN4O2. The van der Waals surface area contributed by atoms with Crippen LogP contribution in [0.4, 0.5) is 0 Å². The zero-order valence-corrected chi connectivity index (χ0v) is 6.80. The molecule has 6 nitrogen and oxygen atoms in total. The van der Waals surface area contributed by atoms with Gasteiger partial charge in [-0.3, -0.25) is 14.8 Å². The fourth-order valence-corrected chi connectivity index (χ4v) is 0.867. The van der Waals surface area contributed by atoms with E-state index >= 15 is 0 Å². The molecule has 0 saturated heterocycles. The van der Waals surface area contributed by atoms with Crippen LogP contribution in [0.1, 0.15) is 0 Å². The molecule has 3 N–H and O–H groups in total. The number of imidazole rings is 1. The van der Waals surface area contributed by atoms with Gasteiger partial charge in [0, 0.05) is 17.1 Å². The van der Waals surface area contributed by atoms with Gasteiger partial charge in [-0.2, -0.15) is 0 Å². The third-order valence-corrected chi connectivity index (χ3v) is 1.33. The Morgan fingerprint density at radius 1 is 1.25 bits per heavy atom. The van der Waals surface area contributed by atoms with Crippen molar-refractivity contribution in [2.24, 2.45) is 0 Å². The summed E-state index contributed by atoms with van der Waals surface area (Å²) in [7, 11) is 0. The summed E-state index contributed by atoms with van der Waals surface area (Å²) in [4.78, 5) is 32.3. The number of aromatic amines is 3. The molecule has 0 aliphatic heterocycles. The van der Waals surface area contributed by atoms with E-state index in [4.69, 9.17) is 0 Å². The zero-order valence-electron chi connectivity index (χ0n) is 5.69. The van der Waals surface area contributed by atoms with E-state index in [9.17, 15) is 9.59 Å². The first kappa shape index (κ1) is 8.76. The van der Waals surface area contributed by atoms with Gasteiger partial charge in [-0.05, 0) is 0 Å². The predicted octanol–water partition coefficient (Wildman–Crippen LogP) is -1.06. The number of fused-ring (bicyclic) bond motifs is 1. The van der Waals surface area contributed by atoms with Crippen molar-refractivity contribution in [2.75, 3.05) is 0 Å². The first-order valence-electron chi connectivity index (χ1n) is 2.93. The molecule has 0 atom stereocenters. The van der Waals surface area contributed by atoms with Crippen LogP contribution in [-0.2, 0) is 17.1 Å². The van der Waals surface area contributed by atoms with E-state index in [0.717, 1.165) is 0 Å². The first-order valence-corrected chi connectivity index (χ1v) is 2.93. The Balaban J connectivity index is 0.000000720. The van der Waals surface area contributed by atoms with Crippen molar-refractivity contribution in [3.05, 3.63) is 27.2 Å². The molecule has 2 aromatic rings. The van der Waals surface area contributed by atoms with Gasteiger partial charge in [0.05, 0.1) is 6.33 Å². The van der Waals surface area contributed by atoms with E-state index in [2.05, 4.69) is 19.9 Å². The average Bonchev–Trinajstić information content (AvgIpc) is 2.34. The topological polar surface area (TPSA) is 94.4 Å². The standard InChI is InChI=1S/C5H4N4O2.Fe/c10-4-2-3(7-1-6-2)8-5(11)9-4;/h1H,(H3,6,7,8,9,10,11);. The van der Waals surface area contributed by atoms with Gasteiger partial charge < -0.3 is 4.98 Å². The predicted molar refractivity (Wildman–Crippen MR) is 37.3 cm³/mol. The van der Waals surface area contributed by atoms with Crippen molar-refractivity contribution in [3.8, 4) is 0 Å². The SMILES string of the molecule is O=c1[nH]c(=O)c2[nH]cnc2[nH]1.[Fe]. The van der Waals surface area contributed by atoms with E-state index in [1.54, 1.807) is 0 Å². The first-order chi connectivity index (χ1) is 5.27. The number of aromatic nitrogens is 4. The van der Waals surface area contributed by atoms with Gasteiger partial charge in [-0.25, -0.2) is 9.78 Å². The van der Waals surface area contributed by atoms with Crippen molar-refractivity contribution in [3.63, 3.8) is 0 Å². The molecule has 2 rings (SSSR count). The van der Waals surface area contributed by atoms with Crippen molar-refractivity contribution in [2.45, 2.75) is 0 Å². The van der Waals surface area contributed by atoms with Crippen LogP contribution in [0.2, 0.25) is 0 Å². The maximum atomic E-state index is 10.9. The molecule has 0 aliphatic carbocycles. The Morgan fingerprint density at radius 3 is 2.75 bits per heavy atom. The van der Waals surface area contributed by atoms with E-state index in [1.165, 1.54) is 6.33 Å². The largest absolute Gasteiger partial charge is 0.339 e. The van der Waals surface area contributed by atoms with E-state index < -0.39 is 11.2 Å². The second-order valence-electron chi connectivity index (χ2n) is 2.03. The van der Waals surface area contributed by atoms with Gasteiger partial charge in [-0.15, -0.1) is 0 Å². The summed E-state index contributed by atoms with van der Waals surface area (Å²) < 4.78 is 0. The molecule has 2 heterocycles. The van der Waals surface area contributed by atoms with E-state index in [-0.39, 0.29) is 28.2 Å². The molecule has 12 heavy (non-hydrogen) atoms. The normalized spacial score (nSPS) is 9.67. The molecule has 2 aromatic heterocycles. The fourth-order valence-electron chi connectivity index (χ4n) is 0.867. The van der Waals surface area contributed by atoms with Crippen LogP contribution in [0.5, 0.6) is 0 Å². The van der Waals surface area contributed by atoms with Gasteiger partial charge in [0.25, 0.3) is 5.56 Å². The van der Waals surface area contributed by atoms with Crippen molar-refractivity contribution < 1.29 is 17.1 Å². The second kappa shape index (κ2) is 2.96. The Labute approximate surface area is 75.9 Å². The summed E-state index contributed by atoms with van der Waals surface area (Å²) in [5, 5.41) is 0. The van der Waals surface area contributed by atoms with Crippen LogP contribution in [0.3, 0.4) is 0 Å². The Morgan fingerprint density at radius 2 is 2.00 bits per heavy atom. The van der Waals surface area contributed by atoms with Gasteiger partial charge in [0.15, 0.2) is 5.65 Å². The molecule has 0 saturated carbocycles. The second-order valence-corrected chi connectivity index (χ2v) is 2.03.